The number of ether oxygens (including phenoxy) is 1. The van der Waals surface area contributed by atoms with Crippen molar-refractivity contribution in [2.24, 2.45) is 0 Å². The van der Waals surface area contributed by atoms with Crippen molar-refractivity contribution in [1.82, 2.24) is 4.98 Å². The molecular formula is C21H16BrNO2. The summed E-state index contributed by atoms with van der Waals surface area (Å²) in [6, 6.07) is 19.9. The minimum atomic E-state index is -0.303. The number of H-pyrrole nitrogens is 1. The van der Waals surface area contributed by atoms with Gasteiger partial charge in [-0.05, 0) is 36.8 Å². The third-order valence-corrected chi connectivity index (χ3v) is 4.79. The summed E-state index contributed by atoms with van der Waals surface area (Å²) in [5.41, 5.74) is 4.43. The van der Waals surface area contributed by atoms with Crippen molar-refractivity contribution in [3.63, 3.8) is 0 Å². The first-order valence-electron chi connectivity index (χ1n) is 8.15. The lowest BCUT2D eigenvalue weighted by atomic mass is 9.96. The van der Waals surface area contributed by atoms with Crippen molar-refractivity contribution in [3.8, 4) is 11.1 Å². The summed E-state index contributed by atoms with van der Waals surface area (Å²) in [4.78, 5) is 16.0. The molecule has 1 N–H and O–H groups in total. The topological polar surface area (TPSA) is 42.1 Å². The fourth-order valence-corrected chi connectivity index (χ4v) is 3.58. The van der Waals surface area contributed by atoms with Crippen LogP contribution in [0.2, 0.25) is 0 Å². The molecule has 0 radical (unpaired) electrons. The largest absolute Gasteiger partial charge is 0.462 e. The molecule has 1 heterocycles. The van der Waals surface area contributed by atoms with Crippen LogP contribution in [0.5, 0.6) is 0 Å². The van der Waals surface area contributed by atoms with Crippen molar-refractivity contribution in [1.29, 1.82) is 0 Å². The van der Waals surface area contributed by atoms with E-state index in [1.165, 1.54) is 0 Å². The van der Waals surface area contributed by atoms with Crippen LogP contribution in [0.15, 0.2) is 65.1 Å². The predicted molar refractivity (Wildman–Crippen MR) is 105 cm³/mol. The molecule has 124 valence electrons. The van der Waals surface area contributed by atoms with Crippen molar-refractivity contribution >= 4 is 43.7 Å². The van der Waals surface area contributed by atoms with Crippen LogP contribution in [-0.2, 0) is 4.74 Å². The van der Waals surface area contributed by atoms with Gasteiger partial charge < -0.3 is 9.72 Å². The number of rotatable bonds is 3. The van der Waals surface area contributed by atoms with Gasteiger partial charge in [0.2, 0.25) is 0 Å². The molecule has 4 heteroatoms. The Kier molecular flexibility index (Phi) is 4.06. The van der Waals surface area contributed by atoms with Gasteiger partial charge in [-0.1, -0.05) is 52.3 Å². The third kappa shape index (κ3) is 2.72. The van der Waals surface area contributed by atoms with E-state index in [1.54, 1.807) is 0 Å². The predicted octanol–water partition coefficient (Wildman–Crippen LogP) is 5.93. The highest BCUT2D eigenvalue weighted by Gasteiger charge is 2.19. The molecule has 3 aromatic carbocycles. The van der Waals surface area contributed by atoms with E-state index in [1.807, 2.05) is 61.5 Å². The van der Waals surface area contributed by atoms with E-state index in [4.69, 9.17) is 4.74 Å². The molecular weight excluding hydrogens is 378 g/mol. The highest BCUT2D eigenvalue weighted by molar-refractivity contribution is 9.10. The van der Waals surface area contributed by atoms with Gasteiger partial charge in [0.15, 0.2) is 0 Å². The fourth-order valence-electron chi connectivity index (χ4n) is 3.22. The van der Waals surface area contributed by atoms with Gasteiger partial charge in [0, 0.05) is 26.3 Å². The van der Waals surface area contributed by atoms with Gasteiger partial charge in [-0.2, -0.15) is 0 Å². The van der Waals surface area contributed by atoms with Crippen LogP contribution < -0.4 is 0 Å². The van der Waals surface area contributed by atoms with Crippen LogP contribution in [0.4, 0.5) is 0 Å². The van der Waals surface area contributed by atoms with Gasteiger partial charge in [0.05, 0.1) is 17.7 Å². The maximum absolute atomic E-state index is 12.5. The fraction of sp³-hybridized carbons (Fsp3) is 0.0952. The van der Waals surface area contributed by atoms with Gasteiger partial charge >= 0.3 is 5.97 Å². The minimum Gasteiger partial charge on any atom is -0.462 e. The number of fused-ring (bicyclic) bond motifs is 3. The normalized spacial score (nSPS) is 11.1. The van der Waals surface area contributed by atoms with Crippen molar-refractivity contribution in [2.45, 2.75) is 6.92 Å². The number of carbonyl (C=O) groups excluding carboxylic acids is 1. The summed E-state index contributed by atoms with van der Waals surface area (Å²) in [5.74, 6) is -0.303. The monoisotopic (exact) mass is 393 g/mol. The molecule has 0 aliphatic carbocycles. The van der Waals surface area contributed by atoms with E-state index in [0.717, 1.165) is 37.4 Å². The molecule has 0 aliphatic rings. The van der Waals surface area contributed by atoms with Crippen LogP contribution in [0.3, 0.4) is 0 Å². The summed E-state index contributed by atoms with van der Waals surface area (Å²) < 4.78 is 6.30. The Hall–Kier alpha value is -2.59. The smallest absolute Gasteiger partial charge is 0.338 e. The first-order valence-corrected chi connectivity index (χ1v) is 8.95. The van der Waals surface area contributed by atoms with E-state index >= 15 is 0 Å². The zero-order valence-corrected chi connectivity index (χ0v) is 15.3. The number of aromatic nitrogens is 1. The number of aromatic amines is 1. The summed E-state index contributed by atoms with van der Waals surface area (Å²) in [6.07, 6.45) is 0. The Morgan fingerprint density at radius 3 is 2.60 bits per heavy atom. The Balaban J connectivity index is 2.09. The molecule has 0 spiro atoms. The Morgan fingerprint density at radius 2 is 1.84 bits per heavy atom. The molecule has 0 amide bonds. The zero-order valence-electron chi connectivity index (χ0n) is 13.7. The Morgan fingerprint density at radius 1 is 1.04 bits per heavy atom. The summed E-state index contributed by atoms with van der Waals surface area (Å²) in [5, 5.41) is 2.21. The molecule has 4 rings (SSSR count). The lowest BCUT2D eigenvalue weighted by Gasteiger charge is -2.11. The number of carbonyl (C=O) groups is 1. The summed E-state index contributed by atoms with van der Waals surface area (Å²) >= 11 is 3.54. The molecule has 0 unspecified atom stereocenters. The molecule has 0 fully saturated rings. The van der Waals surface area contributed by atoms with E-state index in [0.29, 0.717) is 12.2 Å². The van der Waals surface area contributed by atoms with Crippen LogP contribution in [0.1, 0.15) is 17.3 Å². The number of nitrogens with one attached hydrogen (secondary N) is 1. The van der Waals surface area contributed by atoms with E-state index in [2.05, 4.69) is 27.0 Å². The number of halogens is 1. The summed E-state index contributed by atoms with van der Waals surface area (Å²) in [6.45, 7) is 2.17. The lowest BCUT2D eigenvalue weighted by Crippen LogP contribution is -2.06. The van der Waals surface area contributed by atoms with Gasteiger partial charge in [-0.15, -0.1) is 0 Å². The molecule has 0 saturated carbocycles. The first kappa shape index (κ1) is 15.9. The van der Waals surface area contributed by atoms with Crippen molar-refractivity contribution in [3.05, 3.63) is 70.7 Å². The van der Waals surface area contributed by atoms with Crippen LogP contribution in [-0.4, -0.2) is 17.6 Å². The maximum Gasteiger partial charge on any atom is 0.338 e. The molecule has 25 heavy (non-hydrogen) atoms. The van der Waals surface area contributed by atoms with E-state index in [-0.39, 0.29) is 5.97 Å². The van der Waals surface area contributed by atoms with E-state index < -0.39 is 0 Å². The van der Waals surface area contributed by atoms with Crippen molar-refractivity contribution in [2.75, 3.05) is 6.61 Å². The van der Waals surface area contributed by atoms with Crippen LogP contribution in [0.25, 0.3) is 32.9 Å². The Bertz CT molecular complexity index is 1080. The molecule has 1 aromatic heterocycles. The van der Waals surface area contributed by atoms with Gasteiger partial charge in [0.1, 0.15) is 0 Å². The standard InChI is InChI=1S/C21H16BrNO2/c1-2-25-21(24)16-10-9-15-17-12-14(22)8-11-18(17)23-20(15)19(16)13-6-4-3-5-7-13/h3-12,23H,2H2,1H3. The highest BCUT2D eigenvalue weighted by atomic mass is 79.9. The lowest BCUT2D eigenvalue weighted by molar-refractivity contribution is 0.0527. The molecule has 0 bridgehead atoms. The average Bonchev–Trinajstić information content (AvgIpc) is 2.99. The van der Waals surface area contributed by atoms with Crippen LogP contribution in [0, 0.1) is 0 Å². The Labute approximate surface area is 153 Å². The third-order valence-electron chi connectivity index (χ3n) is 4.29. The number of esters is 1. The summed E-state index contributed by atoms with van der Waals surface area (Å²) in [7, 11) is 0. The molecule has 0 aliphatic heterocycles. The first-order chi connectivity index (χ1) is 12.2. The molecule has 3 nitrogen and oxygen atoms in total. The molecule has 4 aromatic rings. The van der Waals surface area contributed by atoms with Gasteiger partial charge in [0.25, 0.3) is 0 Å². The highest BCUT2D eigenvalue weighted by Crippen LogP contribution is 2.36. The number of benzene rings is 3. The quantitative estimate of drug-likeness (QED) is 0.438. The van der Waals surface area contributed by atoms with Crippen molar-refractivity contribution < 1.29 is 9.53 Å². The second-order valence-electron chi connectivity index (χ2n) is 5.81. The molecule has 0 atom stereocenters. The number of hydrogen-bond acceptors (Lipinski definition) is 2. The average molecular weight is 394 g/mol. The second-order valence-corrected chi connectivity index (χ2v) is 6.73. The zero-order chi connectivity index (χ0) is 17.4. The van der Waals surface area contributed by atoms with Crippen LogP contribution >= 0.6 is 15.9 Å². The molecule has 0 saturated heterocycles. The maximum atomic E-state index is 12.5. The second kappa shape index (κ2) is 6.37. The SMILES string of the molecule is CCOC(=O)c1ccc2c([nH]c3ccc(Br)cc32)c1-c1ccccc1. The van der Waals surface area contributed by atoms with E-state index in [9.17, 15) is 4.79 Å². The minimum absolute atomic E-state index is 0.303. The van der Waals surface area contributed by atoms with Gasteiger partial charge in [-0.25, -0.2) is 4.79 Å². The number of hydrogen-bond donors (Lipinski definition) is 1. The van der Waals surface area contributed by atoms with Gasteiger partial charge in [-0.3, -0.25) is 0 Å².